The van der Waals surface area contributed by atoms with E-state index in [9.17, 15) is 0 Å². The van der Waals surface area contributed by atoms with Gasteiger partial charge in [-0.2, -0.15) is 0 Å². The van der Waals surface area contributed by atoms with Crippen molar-refractivity contribution in [2.24, 2.45) is 5.92 Å². The zero-order valence-electron chi connectivity index (χ0n) is 15.0. The molecule has 1 aromatic carbocycles. The molecule has 1 N–H and O–H groups in total. The molecule has 0 radical (unpaired) electrons. The van der Waals surface area contributed by atoms with E-state index in [0.717, 1.165) is 37.2 Å². The zero-order chi connectivity index (χ0) is 17.5. The van der Waals surface area contributed by atoms with Gasteiger partial charge in [-0.15, -0.1) is 0 Å². The number of aromatic nitrogens is 4. The molecular weight excluding hydrogens is 322 g/mol. The highest BCUT2D eigenvalue weighted by Gasteiger charge is 2.28. The van der Waals surface area contributed by atoms with E-state index in [2.05, 4.69) is 67.7 Å². The van der Waals surface area contributed by atoms with E-state index in [1.54, 1.807) is 0 Å². The second-order valence-corrected chi connectivity index (χ2v) is 7.44. The van der Waals surface area contributed by atoms with Gasteiger partial charge in [0.25, 0.3) is 0 Å². The Hall–Kier alpha value is -2.66. The molecule has 0 amide bonds. The lowest BCUT2D eigenvalue weighted by Gasteiger charge is -2.37. The molecule has 0 aliphatic carbocycles. The van der Waals surface area contributed by atoms with Crippen molar-refractivity contribution in [2.75, 3.05) is 13.1 Å². The second-order valence-electron chi connectivity index (χ2n) is 7.44. The minimum absolute atomic E-state index is 0.479. The number of pyridine rings is 1. The Bertz CT molecular complexity index is 1030. The van der Waals surface area contributed by atoms with Gasteiger partial charge in [0.15, 0.2) is 0 Å². The van der Waals surface area contributed by atoms with Gasteiger partial charge in [0.1, 0.15) is 11.2 Å². The third kappa shape index (κ3) is 2.59. The quantitative estimate of drug-likeness (QED) is 0.611. The minimum atomic E-state index is 0.479. The SMILES string of the molecule is CC1CN(Cc2ccccc2)CCC1n1cnc2cnc3[nH]ccc3c21. The Morgan fingerprint density at radius 3 is 2.88 bits per heavy atom. The molecule has 0 bridgehead atoms. The third-order valence-electron chi connectivity index (χ3n) is 5.67. The van der Waals surface area contributed by atoms with Crippen molar-refractivity contribution in [3.8, 4) is 0 Å². The van der Waals surface area contributed by atoms with Crippen LogP contribution in [0.5, 0.6) is 0 Å². The van der Waals surface area contributed by atoms with Crippen molar-refractivity contribution in [1.29, 1.82) is 0 Å². The standard InChI is InChI=1S/C21H23N5/c1-15-12-25(13-16-5-3-2-4-6-16)10-8-19(15)26-14-24-18-11-23-21-17(20(18)26)7-9-22-21/h2-7,9,11,14-15,19H,8,10,12-13H2,1H3,(H,22,23). The molecule has 2 atom stereocenters. The van der Waals surface area contributed by atoms with Gasteiger partial charge in [0.2, 0.25) is 0 Å². The number of H-pyrrole nitrogens is 1. The van der Waals surface area contributed by atoms with Crippen LogP contribution in [0.15, 0.2) is 55.1 Å². The summed E-state index contributed by atoms with van der Waals surface area (Å²) in [5.74, 6) is 0.576. The van der Waals surface area contributed by atoms with Crippen LogP contribution in [0.1, 0.15) is 24.9 Å². The zero-order valence-corrected chi connectivity index (χ0v) is 15.0. The number of hydrogen-bond donors (Lipinski definition) is 1. The van der Waals surface area contributed by atoms with Crippen molar-refractivity contribution in [1.82, 2.24) is 24.4 Å². The van der Waals surface area contributed by atoms with Crippen LogP contribution in [0, 0.1) is 5.92 Å². The minimum Gasteiger partial charge on any atom is -0.346 e. The number of benzene rings is 1. The van der Waals surface area contributed by atoms with Crippen LogP contribution in [-0.4, -0.2) is 37.5 Å². The fourth-order valence-electron chi connectivity index (χ4n) is 4.40. The summed E-state index contributed by atoms with van der Waals surface area (Å²) in [6.45, 7) is 5.63. The molecule has 1 fully saturated rings. The number of rotatable bonds is 3. The molecule has 4 heterocycles. The van der Waals surface area contributed by atoms with Crippen LogP contribution in [0.3, 0.4) is 0 Å². The summed E-state index contributed by atoms with van der Waals surface area (Å²) >= 11 is 0. The molecule has 132 valence electrons. The number of aromatic amines is 1. The van der Waals surface area contributed by atoms with Crippen molar-refractivity contribution < 1.29 is 0 Å². The van der Waals surface area contributed by atoms with Gasteiger partial charge in [-0.1, -0.05) is 37.3 Å². The predicted octanol–water partition coefficient (Wildman–Crippen LogP) is 4.00. The average molecular weight is 345 g/mol. The van der Waals surface area contributed by atoms with E-state index in [-0.39, 0.29) is 0 Å². The molecular formula is C21H23N5. The summed E-state index contributed by atoms with van der Waals surface area (Å²) in [4.78, 5) is 14.9. The summed E-state index contributed by atoms with van der Waals surface area (Å²) in [6.07, 6.45) is 6.99. The number of nitrogens with one attached hydrogen (secondary N) is 1. The van der Waals surface area contributed by atoms with Crippen molar-refractivity contribution >= 4 is 22.1 Å². The fourth-order valence-corrected chi connectivity index (χ4v) is 4.40. The predicted molar refractivity (Wildman–Crippen MR) is 104 cm³/mol. The highest BCUT2D eigenvalue weighted by atomic mass is 15.2. The summed E-state index contributed by atoms with van der Waals surface area (Å²) in [5.41, 5.74) is 4.53. The van der Waals surface area contributed by atoms with Gasteiger partial charge in [-0.05, 0) is 24.0 Å². The van der Waals surface area contributed by atoms with Gasteiger partial charge >= 0.3 is 0 Å². The maximum atomic E-state index is 4.62. The molecule has 2 unspecified atom stereocenters. The first-order valence-electron chi connectivity index (χ1n) is 9.34. The van der Waals surface area contributed by atoms with E-state index in [4.69, 9.17) is 0 Å². The number of fused-ring (bicyclic) bond motifs is 3. The number of nitrogens with zero attached hydrogens (tertiary/aromatic N) is 4. The first-order valence-corrected chi connectivity index (χ1v) is 9.34. The topological polar surface area (TPSA) is 49.7 Å². The lowest BCUT2D eigenvalue weighted by atomic mass is 9.93. The first-order chi connectivity index (χ1) is 12.8. The van der Waals surface area contributed by atoms with Crippen molar-refractivity contribution in [2.45, 2.75) is 25.9 Å². The van der Waals surface area contributed by atoms with Gasteiger partial charge in [-0.25, -0.2) is 9.97 Å². The van der Waals surface area contributed by atoms with Crippen molar-refractivity contribution in [3.05, 3.63) is 60.7 Å². The maximum absolute atomic E-state index is 4.62. The molecule has 0 spiro atoms. The smallest absolute Gasteiger partial charge is 0.139 e. The molecule has 0 saturated carbocycles. The highest BCUT2D eigenvalue weighted by molar-refractivity contribution is 6.00. The van der Waals surface area contributed by atoms with E-state index in [1.165, 1.54) is 16.5 Å². The molecule has 3 aromatic heterocycles. The van der Waals surface area contributed by atoms with E-state index in [0.29, 0.717) is 12.0 Å². The number of likely N-dealkylation sites (tertiary alicyclic amines) is 1. The first kappa shape index (κ1) is 15.6. The van der Waals surface area contributed by atoms with Crippen molar-refractivity contribution in [3.63, 3.8) is 0 Å². The molecule has 1 aliphatic rings. The lowest BCUT2D eigenvalue weighted by molar-refractivity contribution is 0.129. The Morgan fingerprint density at radius 1 is 1.15 bits per heavy atom. The number of imidazole rings is 1. The Kier molecular flexibility index (Phi) is 3.75. The normalized spacial score (nSPS) is 21.6. The molecule has 1 aliphatic heterocycles. The van der Waals surface area contributed by atoms with Crippen LogP contribution in [0.25, 0.3) is 22.1 Å². The van der Waals surface area contributed by atoms with Gasteiger partial charge in [0, 0.05) is 37.3 Å². The highest BCUT2D eigenvalue weighted by Crippen LogP contribution is 2.33. The monoisotopic (exact) mass is 345 g/mol. The molecule has 5 heteroatoms. The summed E-state index contributed by atoms with van der Waals surface area (Å²) < 4.78 is 2.39. The maximum Gasteiger partial charge on any atom is 0.139 e. The van der Waals surface area contributed by atoms with Gasteiger partial charge in [0.05, 0.1) is 18.0 Å². The number of piperidine rings is 1. The van der Waals surface area contributed by atoms with Crippen LogP contribution >= 0.6 is 0 Å². The molecule has 1 saturated heterocycles. The summed E-state index contributed by atoms with van der Waals surface area (Å²) in [5, 5.41) is 1.17. The Morgan fingerprint density at radius 2 is 2.04 bits per heavy atom. The van der Waals surface area contributed by atoms with Gasteiger partial charge in [-0.3, -0.25) is 4.90 Å². The van der Waals surface area contributed by atoms with E-state index in [1.807, 2.05) is 18.7 Å². The van der Waals surface area contributed by atoms with Crippen LogP contribution in [-0.2, 0) is 6.54 Å². The fraction of sp³-hybridized carbons (Fsp3) is 0.333. The van der Waals surface area contributed by atoms with Crippen LogP contribution in [0.2, 0.25) is 0 Å². The molecule has 26 heavy (non-hydrogen) atoms. The lowest BCUT2D eigenvalue weighted by Crippen LogP contribution is -2.39. The van der Waals surface area contributed by atoms with Crippen LogP contribution in [0.4, 0.5) is 0 Å². The Labute approximate surface area is 152 Å². The number of hydrogen-bond acceptors (Lipinski definition) is 3. The molecule has 5 nitrogen and oxygen atoms in total. The van der Waals surface area contributed by atoms with E-state index >= 15 is 0 Å². The second kappa shape index (κ2) is 6.25. The van der Waals surface area contributed by atoms with Crippen LogP contribution < -0.4 is 0 Å². The van der Waals surface area contributed by atoms with E-state index < -0.39 is 0 Å². The average Bonchev–Trinajstić information content (AvgIpc) is 3.29. The largest absolute Gasteiger partial charge is 0.346 e. The van der Waals surface area contributed by atoms with Gasteiger partial charge < -0.3 is 9.55 Å². The molecule has 5 rings (SSSR count). The third-order valence-corrected chi connectivity index (χ3v) is 5.67. The summed E-state index contributed by atoms with van der Waals surface area (Å²) in [7, 11) is 0. The summed E-state index contributed by atoms with van der Waals surface area (Å²) in [6, 6.07) is 13.4. The molecule has 4 aromatic rings. The Balaban J connectivity index is 1.42.